The van der Waals surface area contributed by atoms with Crippen LogP contribution in [0.1, 0.15) is 36.8 Å². The van der Waals surface area contributed by atoms with Gasteiger partial charge >= 0.3 is 0 Å². The number of carbonyl (C=O) groups excluding carboxylic acids is 2. The van der Waals surface area contributed by atoms with Crippen molar-refractivity contribution in [3.63, 3.8) is 0 Å². The van der Waals surface area contributed by atoms with Crippen LogP contribution in [0.2, 0.25) is 0 Å². The maximum absolute atomic E-state index is 12.6. The molecule has 1 aromatic heterocycles. The Morgan fingerprint density at radius 2 is 1.83 bits per heavy atom. The zero-order valence-electron chi connectivity index (χ0n) is 14.5. The molecule has 1 amide bonds. The van der Waals surface area contributed by atoms with E-state index in [0.29, 0.717) is 6.54 Å². The number of aryl methyl sites for hydroxylation is 1. The predicted octanol–water partition coefficient (Wildman–Crippen LogP) is 1.09. The Balaban J connectivity index is 2.06. The molecule has 0 bridgehead atoms. The highest BCUT2D eigenvalue weighted by Crippen LogP contribution is 2.21. The Hall–Kier alpha value is -2.14. The lowest BCUT2D eigenvalue weighted by atomic mass is 10.1. The number of hydrogen-bond acceptors (Lipinski definition) is 2. The number of likely N-dealkylation sites (N-methyl/N-ethyl adjacent to an activating group) is 1. The van der Waals surface area contributed by atoms with E-state index in [9.17, 15) is 9.59 Å². The second-order valence-corrected chi connectivity index (χ2v) is 7.20. The zero-order chi connectivity index (χ0) is 17.2. The number of Topliss-reactive ketones (excluding diaryl/α,β-unsaturated/α-hetero) is 1. The smallest absolute Gasteiger partial charge is 0.275 e. The minimum atomic E-state index is -0.255. The third-order valence-electron chi connectivity index (χ3n) is 3.61. The fraction of sp³-hybridized carbons (Fsp3) is 0.444. The average Bonchev–Trinajstić information content (AvgIpc) is 2.71. The summed E-state index contributed by atoms with van der Waals surface area (Å²) in [4.78, 5) is 28.7. The van der Waals surface area contributed by atoms with Crippen LogP contribution in [0.3, 0.4) is 0 Å². The molecule has 1 heterocycles. The van der Waals surface area contributed by atoms with E-state index in [1.807, 2.05) is 59.0 Å². The van der Waals surface area contributed by atoms with E-state index >= 15 is 0 Å². The van der Waals surface area contributed by atoms with Crippen molar-refractivity contribution >= 4 is 22.6 Å². The van der Waals surface area contributed by atoms with E-state index < -0.39 is 0 Å². The van der Waals surface area contributed by atoms with Crippen molar-refractivity contribution in [2.24, 2.45) is 0 Å². The van der Waals surface area contributed by atoms with Gasteiger partial charge in [0.2, 0.25) is 5.78 Å². The van der Waals surface area contributed by atoms with Crippen molar-refractivity contribution in [1.29, 1.82) is 0 Å². The Bertz CT molecular complexity index is 725. The number of H-pyrrole nitrogens is 1. The molecule has 0 aliphatic rings. The average molecular weight is 316 g/mol. The second-order valence-electron chi connectivity index (χ2n) is 7.20. The largest absolute Gasteiger partial charge is 0.358 e. The van der Waals surface area contributed by atoms with E-state index in [4.69, 9.17) is 0 Å². The lowest BCUT2D eigenvalue weighted by Crippen LogP contribution is -3.11. The fourth-order valence-electron chi connectivity index (χ4n) is 2.80. The first-order valence-electron chi connectivity index (χ1n) is 7.90. The molecule has 5 nitrogen and oxygen atoms in total. The van der Waals surface area contributed by atoms with Gasteiger partial charge in [-0.1, -0.05) is 18.2 Å². The predicted molar refractivity (Wildman–Crippen MR) is 91.9 cm³/mol. The van der Waals surface area contributed by atoms with Gasteiger partial charge < -0.3 is 15.2 Å². The number of amides is 1. The van der Waals surface area contributed by atoms with Crippen molar-refractivity contribution in [1.82, 2.24) is 10.3 Å². The van der Waals surface area contributed by atoms with Crippen LogP contribution in [-0.4, -0.2) is 42.4 Å². The summed E-state index contributed by atoms with van der Waals surface area (Å²) < 4.78 is 0. The van der Waals surface area contributed by atoms with Crippen LogP contribution < -0.4 is 10.2 Å². The van der Waals surface area contributed by atoms with Crippen LogP contribution in [0.25, 0.3) is 10.9 Å². The van der Waals surface area contributed by atoms with E-state index in [0.717, 1.165) is 27.1 Å². The number of aromatic amines is 1. The van der Waals surface area contributed by atoms with Crippen molar-refractivity contribution < 1.29 is 14.5 Å². The van der Waals surface area contributed by atoms with Gasteiger partial charge in [-0.05, 0) is 33.8 Å². The Morgan fingerprint density at radius 1 is 1.17 bits per heavy atom. The summed E-state index contributed by atoms with van der Waals surface area (Å²) in [5.41, 5.74) is 2.32. The molecule has 0 fully saturated rings. The molecule has 0 spiro atoms. The van der Waals surface area contributed by atoms with Crippen molar-refractivity contribution in [3.05, 3.63) is 35.5 Å². The third kappa shape index (κ3) is 4.42. The molecule has 5 heteroatoms. The maximum atomic E-state index is 12.6. The van der Waals surface area contributed by atoms with E-state index in [2.05, 4.69) is 10.3 Å². The summed E-state index contributed by atoms with van der Waals surface area (Å²) in [6, 6.07) is 7.79. The van der Waals surface area contributed by atoms with Crippen LogP contribution >= 0.6 is 0 Å². The SMILES string of the molecule is Cc1[nH]c2ccccc2c1C(=O)C[NH+](C)CC(=O)NC(C)(C)C. The molecular formula is C18H26N3O2+. The fourth-order valence-corrected chi connectivity index (χ4v) is 2.80. The number of para-hydroxylation sites is 1. The van der Waals surface area contributed by atoms with E-state index in [1.54, 1.807) is 0 Å². The lowest BCUT2D eigenvalue weighted by molar-refractivity contribution is -0.862. The molecule has 1 atom stereocenters. The molecule has 0 aliphatic heterocycles. The van der Waals surface area contributed by atoms with Gasteiger partial charge in [-0.25, -0.2) is 0 Å². The van der Waals surface area contributed by atoms with Crippen LogP contribution in [0.5, 0.6) is 0 Å². The summed E-state index contributed by atoms with van der Waals surface area (Å²) in [5.74, 6) is 0.0134. The van der Waals surface area contributed by atoms with Gasteiger partial charge in [-0.2, -0.15) is 0 Å². The lowest BCUT2D eigenvalue weighted by Gasteiger charge is -2.21. The molecule has 1 unspecified atom stereocenters. The highest BCUT2D eigenvalue weighted by molar-refractivity contribution is 6.09. The summed E-state index contributed by atoms with van der Waals surface area (Å²) >= 11 is 0. The standard InChI is InChI=1S/C18H25N3O2/c1-12-17(13-8-6-7-9-14(13)19-12)15(22)10-21(5)11-16(23)20-18(2,3)4/h6-9,19H,10-11H2,1-5H3,(H,20,23)/p+1. The number of nitrogens with one attached hydrogen (secondary N) is 3. The van der Waals surface area contributed by atoms with E-state index in [1.165, 1.54) is 0 Å². The minimum Gasteiger partial charge on any atom is -0.358 e. The number of quaternary nitrogens is 1. The number of ketones is 1. The molecular weight excluding hydrogens is 290 g/mol. The highest BCUT2D eigenvalue weighted by atomic mass is 16.2. The van der Waals surface area contributed by atoms with Crippen molar-refractivity contribution in [3.8, 4) is 0 Å². The summed E-state index contributed by atoms with van der Waals surface area (Å²) in [6.45, 7) is 8.32. The Morgan fingerprint density at radius 3 is 2.48 bits per heavy atom. The van der Waals surface area contributed by atoms with Gasteiger partial charge in [-0.3, -0.25) is 9.59 Å². The minimum absolute atomic E-state index is 0.0431. The molecule has 23 heavy (non-hydrogen) atoms. The van der Waals surface area contributed by atoms with Crippen molar-refractivity contribution in [2.75, 3.05) is 20.1 Å². The number of carbonyl (C=O) groups is 2. The van der Waals surface area contributed by atoms with E-state index in [-0.39, 0.29) is 23.8 Å². The summed E-state index contributed by atoms with van der Waals surface area (Å²) in [5, 5.41) is 3.87. The molecule has 0 saturated carbocycles. The summed E-state index contributed by atoms with van der Waals surface area (Å²) in [6.07, 6.45) is 0. The van der Waals surface area contributed by atoms with Gasteiger partial charge in [0.15, 0.2) is 6.54 Å². The van der Waals surface area contributed by atoms with Gasteiger partial charge in [0.1, 0.15) is 6.54 Å². The number of fused-ring (bicyclic) bond motifs is 1. The van der Waals surface area contributed by atoms with Crippen LogP contribution in [0.15, 0.2) is 24.3 Å². The zero-order valence-corrected chi connectivity index (χ0v) is 14.5. The first kappa shape index (κ1) is 17.2. The van der Waals surface area contributed by atoms with Gasteiger partial charge in [-0.15, -0.1) is 0 Å². The molecule has 0 saturated heterocycles. The topological polar surface area (TPSA) is 66.4 Å². The van der Waals surface area contributed by atoms with Crippen LogP contribution in [0.4, 0.5) is 0 Å². The van der Waals surface area contributed by atoms with Gasteiger partial charge in [0.25, 0.3) is 5.91 Å². The van der Waals surface area contributed by atoms with Crippen LogP contribution in [0, 0.1) is 6.92 Å². The van der Waals surface area contributed by atoms with Crippen molar-refractivity contribution in [2.45, 2.75) is 33.2 Å². The van der Waals surface area contributed by atoms with Gasteiger partial charge in [0, 0.05) is 22.1 Å². The Labute approximate surface area is 137 Å². The third-order valence-corrected chi connectivity index (χ3v) is 3.61. The number of rotatable bonds is 5. The summed E-state index contributed by atoms with van der Waals surface area (Å²) in [7, 11) is 1.87. The molecule has 0 radical (unpaired) electrons. The second kappa shape index (κ2) is 6.54. The quantitative estimate of drug-likeness (QED) is 0.723. The monoisotopic (exact) mass is 316 g/mol. The normalized spacial score (nSPS) is 13.1. The number of benzene rings is 1. The number of aromatic nitrogens is 1. The van der Waals surface area contributed by atoms with Crippen LogP contribution in [-0.2, 0) is 4.79 Å². The maximum Gasteiger partial charge on any atom is 0.275 e. The molecule has 2 rings (SSSR count). The molecule has 2 aromatic rings. The highest BCUT2D eigenvalue weighted by Gasteiger charge is 2.22. The first-order valence-corrected chi connectivity index (χ1v) is 7.90. The Kier molecular flexibility index (Phi) is 4.90. The molecule has 1 aromatic carbocycles. The molecule has 3 N–H and O–H groups in total. The molecule has 124 valence electrons. The molecule has 0 aliphatic carbocycles. The number of hydrogen-bond donors (Lipinski definition) is 3. The van der Waals surface area contributed by atoms with Gasteiger partial charge in [0.05, 0.1) is 12.6 Å². The first-order chi connectivity index (χ1) is 10.7.